The van der Waals surface area contributed by atoms with Crippen LogP contribution in [0, 0.1) is 19.8 Å². The summed E-state index contributed by atoms with van der Waals surface area (Å²) in [6, 6.07) is 11.4. The summed E-state index contributed by atoms with van der Waals surface area (Å²) >= 11 is 0. The van der Waals surface area contributed by atoms with E-state index in [1.165, 1.54) is 24.3 Å². The minimum Gasteiger partial charge on any atom is -0.425 e. The molecule has 8 heteroatoms. The van der Waals surface area contributed by atoms with E-state index in [0.29, 0.717) is 0 Å². The maximum absolute atomic E-state index is 12.8. The summed E-state index contributed by atoms with van der Waals surface area (Å²) in [6.07, 6.45) is 0.256. The van der Waals surface area contributed by atoms with Crippen molar-refractivity contribution in [3.05, 3.63) is 70.1 Å². The predicted molar refractivity (Wildman–Crippen MR) is 118 cm³/mol. The van der Waals surface area contributed by atoms with Gasteiger partial charge in [-0.2, -0.15) is 4.72 Å². The molecule has 0 amide bonds. The van der Waals surface area contributed by atoms with Gasteiger partial charge in [-0.25, -0.2) is 18.0 Å². The second-order valence-electron chi connectivity index (χ2n) is 7.94. The van der Waals surface area contributed by atoms with Gasteiger partial charge in [-0.3, -0.25) is 0 Å². The number of rotatable bonds is 7. The number of ether oxygens (including phenoxy) is 1. The first-order valence-corrected chi connectivity index (χ1v) is 11.4. The normalized spacial score (nSPS) is 12.8. The van der Waals surface area contributed by atoms with Crippen molar-refractivity contribution >= 4 is 27.0 Å². The lowest BCUT2D eigenvalue weighted by Gasteiger charge is -2.19. The van der Waals surface area contributed by atoms with Crippen molar-refractivity contribution in [2.45, 2.75) is 45.1 Å². The second kappa shape index (κ2) is 9.03. The largest absolute Gasteiger partial charge is 0.425 e. The van der Waals surface area contributed by atoms with Gasteiger partial charge >= 0.3 is 11.6 Å². The Labute approximate surface area is 181 Å². The van der Waals surface area contributed by atoms with Crippen molar-refractivity contribution in [1.29, 1.82) is 0 Å². The Morgan fingerprint density at radius 2 is 1.74 bits per heavy atom. The van der Waals surface area contributed by atoms with Gasteiger partial charge in [-0.1, -0.05) is 31.5 Å². The number of esters is 1. The molecule has 0 saturated carbocycles. The molecule has 0 fully saturated rings. The summed E-state index contributed by atoms with van der Waals surface area (Å²) in [5.74, 6) is -0.538. The highest BCUT2D eigenvalue weighted by atomic mass is 32.2. The molecule has 0 aliphatic rings. The van der Waals surface area contributed by atoms with E-state index < -0.39 is 27.7 Å². The lowest BCUT2D eigenvalue weighted by Crippen LogP contribution is -2.43. The summed E-state index contributed by atoms with van der Waals surface area (Å²) in [5.41, 5.74) is 1.45. The van der Waals surface area contributed by atoms with Crippen molar-refractivity contribution in [2.75, 3.05) is 0 Å². The molecule has 1 aromatic heterocycles. The van der Waals surface area contributed by atoms with Gasteiger partial charge in [0.05, 0.1) is 4.90 Å². The molecule has 7 nitrogen and oxygen atoms in total. The van der Waals surface area contributed by atoms with Crippen LogP contribution in [0.2, 0.25) is 0 Å². The lowest BCUT2D eigenvalue weighted by atomic mass is 10.0. The van der Waals surface area contributed by atoms with Gasteiger partial charge in [0.2, 0.25) is 10.0 Å². The first-order chi connectivity index (χ1) is 14.5. The Hall–Kier alpha value is -2.97. The van der Waals surface area contributed by atoms with Crippen molar-refractivity contribution < 1.29 is 22.4 Å². The fourth-order valence-corrected chi connectivity index (χ4v) is 4.39. The Morgan fingerprint density at radius 1 is 1.06 bits per heavy atom. The summed E-state index contributed by atoms with van der Waals surface area (Å²) in [5, 5.41) is 0.721. The van der Waals surface area contributed by atoms with E-state index in [1.807, 2.05) is 20.8 Å². The van der Waals surface area contributed by atoms with Gasteiger partial charge < -0.3 is 9.15 Å². The third kappa shape index (κ3) is 5.59. The Kier molecular flexibility index (Phi) is 6.62. The van der Waals surface area contributed by atoms with Crippen molar-refractivity contribution in [2.24, 2.45) is 5.92 Å². The number of hydrogen-bond donors (Lipinski definition) is 1. The fraction of sp³-hybridized carbons (Fsp3) is 0.304. The van der Waals surface area contributed by atoms with Crippen molar-refractivity contribution in [1.82, 2.24) is 4.72 Å². The number of carbonyl (C=O) groups is 1. The molecule has 3 aromatic rings. The van der Waals surface area contributed by atoms with Gasteiger partial charge in [0.15, 0.2) is 0 Å². The molecule has 1 atom stereocenters. The number of aryl methyl sites for hydroxylation is 2. The lowest BCUT2D eigenvalue weighted by molar-refractivity contribution is -0.136. The van der Waals surface area contributed by atoms with Crippen LogP contribution in [0.25, 0.3) is 11.0 Å². The molecule has 31 heavy (non-hydrogen) atoms. The molecule has 0 spiro atoms. The number of benzene rings is 2. The summed E-state index contributed by atoms with van der Waals surface area (Å²) in [6.45, 7) is 7.40. The molecule has 0 aliphatic carbocycles. The zero-order chi connectivity index (χ0) is 22.8. The van der Waals surface area contributed by atoms with Crippen molar-refractivity contribution in [3.8, 4) is 5.75 Å². The second-order valence-corrected chi connectivity index (χ2v) is 9.66. The number of sulfonamides is 1. The van der Waals surface area contributed by atoms with Gasteiger partial charge in [-0.15, -0.1) is 0 Å². The van der Waals surface area contributed by atoms with Crippen LogP contribution in [0.5, 0.6) is 5.75 Å². The molecule has 1 N–H and O–H groups in total. The van der Waals surface area contributed by atoms with E-state index >= 15 is 0 Å². The monoisotopic (exact) mass is 443 g/mol. The molecule has 2 aromatic carbocycles. The molecular weight excluding hydrogens is 418 g/mol. The Balaban J connectivity index is 1.85. The smallest absolute Gasteiger partial charge is 0.336 e. The average molecular weight is 444 g/mol. The third-order valence-electron chi connectivity index (χ3n) is 4.76. The quantitative estimate of drug-likeness (QED) is 0.339. The zero-order valence-electron chi connectivity index (χ0n) is 17.8. The fourth-order valence-electron chi connectivity index (χ4n) is 3.19. The standard InChI is InChI=1S/C23H25NO6S/c1-14(2)11-20(24-31(27,28)18-8-5-15(3)6-9-18)23(26)29-17-7-10-19-16(4)12-22(25)30-21(19)13-17/h5-10,12-14,20,24H,11H2,1-4H3/t20-/m1/s1. The number of nitrogens with one attached hydrogen (secondary N) is 1. The maximum atomic E-state index is 12.8. The summed E-state index contributed by atoms with van der Waals surface area (Å²) in [7, 11) is -3.92. The SMILES string of the molecule is Cc1ccc(S(=O)(=O)N[C@H](CC(C)C)C(=O)Oc2ccc3c(C)cc(=O)oc3c2)cc1. The van der Waals surface area contributed by atoms with Crippen LogP contribution in [0.4, 0.5) is 0 Å². The van der Waals surface area contributed by atoms with Crippen molar-refractivity contribution in [3.63, 3.8) is 0 Å². The van der Waals surface area contributed by atoms with E-state index in [2.05, 4.69) is 4.72 Å². The van der Waals surface area contributed by atoms with Crippen LogP contribution < -0.4 is 15.1 Å². The highest BCUT2D eigenvalue weighted by molar-refractivity contribution is 7.89. The Bertz CT molecular complexity index is 1260. The molecule has 3 rings (SSSR count). The molecule has 0 saturated heterocycles. The van der Waals surface area contributed by atoms with Crippen LogP contribution in [0.15, 0.2) is 62.6 Å². The van der Waals surface area contributed by atoms with Gasteiger partial charge in [0, 0.05) is 17.5 Å². The molecule has 0 bridgehead atoms. The first kappa shape index (κ1) is 22.7. The van der Waals surface area contributed by atoms with Gasteiger partial charge in [-0.05, 0) is 56.0 Å². The topological polar surface area (TPSA) is 103 Å². The number of carbonyl (C=O) groups excluding carboxylic acids is 1. The highest BCUT2D eigenvalue weighted by Crippen LogP contribution is 2.23. The maximum Gasteiger partial charge on any atom is 0.336 e. The molecule has 0 unspecified atom stereocenters. The third-order valence-corrected chi connectivity index (χ3v) is 6.25. The van der Waals surface area contributed by atoms with Gasteiger partial charge in [0.25, 0.3) is 0 Å². The number of hydrogen-bond acceptors (Lipinski definition) is 6. The van der Waals surface area contributed by atoms with Crippen LogP contribution in [-0.4, -0.2) is 20.4 Å². The summed E-state index contributed by atoms with van der Waals surface area (Å²) in [4.78, 5) is 24.5. The van der Waals surface area contributed by atoms with E-state index in [1.54, 1.807) is 31.2 Å². The van der Waals surface area contributed by atoms with Crippen LogP contribution in [-0.2, 0) is 14.8 Å². The average Bonchev–Trinajstić information content (AvgIpc) is 2.66. The van der Waals surface area contributed by atoms with E-state index in [4.69, 9.17) is 9.15 Å². The highest BCUT2D eigenvalue weighted by Gasteiger charge is 2.28. The summed E-state index contributed by atoms with van der Waals surface area (Å²) < 4.78 is 38.6. The molecule has 164 valence electrons. The van der Waals surface area contributed by atoms with E-state index in [-0.39, 0.29) is 28.6 Å². The van der Waals surface area contributed by atoms with E-state index in [9.17, 15) is 18.0 Å². The van der Waals surface area contributed by atoms with E-state index in [0.717, 1.165) is 16.5 Å². The van der Waals surface area contributed by atoms with Crippen LogP contribution in [0.1, 0.15) is 31.4 Å². The zero-order valence-corrected chi connectivity index (χ0v) is 18.7. The predicted octanol–water partition coefficient (Wildman–Crippen LogP) is 3.71. The minimum atomic E-state index is -3.92. The number of fused-ring (bicyclic) bond motifs is 1. The first-order valence-electron chi connectivity index (χ1n) is 9.90. The molecule has 1 heterocycles. The van der Waals surface area contributed by atoms with Crippen LogP contribution in [0.3, 0.4) is 0 Å². The van der Waals surface area contributed by atoms with Crippen LogP contribution >= 0.6 is 0 Å². The minimum absolute atomic E-state index is 0.0375. The van der Waals surface area contributed by atoms with Gasteiger partial charge in [0.1, 0.15) is 17.4 Å². The molecule has 0 aliphatic heterocycles. The molecule has 0 radical (unpaired) electrons. The molecular formula is C23H25NO6S. The Morgan fingerprint density at radius 3 is 2.39 bits per heavy atom.